The number of rotatable bonds is 7. The van der Waals surface area contributed by atoms with E-state index in [-0.39, 0.29) is 11.6 Å². The average molecular weight is 431 g/mol. The van der Waals surface area contributed by atoms with Gasteiger partial charge in [-0.1, -0.05) is 18.2 Å². The van der Waals surface area contributed by atoms with Crippen LogP contribution in [0.4, 0.5) is 4.39 Å². The third-order valence-corrected chi connectivity index (χ3v) is 6.05. The molecule has 9 heteroatoms. The number of methoxy groups -OCH3 is 1. The highest BCUT2D eigenvalue weighted by atomic mass is 32.2. The lowest BCUT2D eigenvalue weighted by Crippen LogP contribution is -2.30. The lowest BCUT2D eigenvalue weighted by molar-refractivity contribution is 0.0564. The van der Waals surface area contributed by atoms with Crippen LogP contribution in [0.1, 0.15) is 41.2 Å². The summed E-state index contributed by atoms with van der Waals surface area (Å²) < 4.78 is 25.5. The Balaban J connectivity index is 1.60. The Hall–Kier alpha value is -2.65. The average Bonchev–Trinajstić information content (AvgIpc) is 3.40. The van der Waals surface area contributed by atoms with Crippen LogP contribution in [0.2, 0.25) is 0 Å². The minimum atomic E-state index is -0.513. The molecule has 1 aromatic carbocycles. The van der Waals surface area contributed by atoms with Gasteiger partial charge in [0.1, 0.15) is 5.82 Å². The quantitative estimate of drug-likeness (QED) is 0.413. The fraction of sp³-hybridized carbons (Fsp3) is 0.381. The molecule has 0 unspecified atom stereocenters. The smallest absolute Gasteiger partial charge is 0.374 e. The lowest BCUT2D eigenvalue weighted by Gasteiger charge is -2.26. The molecule has 1 saturated heterocycles. The zero-order valence-corrected chi connectivity index (χ0v) is 17.5. The molecule has 1 fully saturated rings. The van der Waals surface area contributed by atoms with Crippen LogP contribution < -0.4 is 0 Å². The molecule has 0 amide bonds. The van der Waals surface area contributed by atoms with E-state index >= 15 is 0 Å². The molecular weight excluding hydrogens is 407 g/mol. The van der Waals surface area contributed by atoms with Gasteiger partial charge < -0.3 is 9.15 Å². The van der Waals surface area contributed by atoms with E-state index in [9.17, 15) is 9.18 Å². The summed E-state index contributed by atoms with van der Waals surface area (Å²) in [5.74, 6) is 0.656. The molecule has 30 heavy (non-hydrogen) atoms. The molecule has 4 rings (SSSR count). The number of ether oxygens (including phenoxy) is 1. The van der Waals surface area contributed by atoms with Crippen molar-refractivity contribution in [1.29, 1.82) is 0 Å². The topological polar surface area (TPSA) is 73.4 Å². The van der Waals surface area contributed by atoms with E-state index in [4.69, 9.17) is 9.15 Å². The minimum absolute atomic E-state index is 0.186. The van der Waals surface area contributed by atoms with Crippen molar-refractivity contribution in [2.75, 3.05) is 20.2 Å². The van der Waals surface area contributed by atoms with E-state index in [1.807, 2.05) is 4.57 Å². The Morgan fingerprint density at radius 3 is 2.67 bits per heavy atom. The lowest BCUT2D eigenvalue weighted by atomic mass is 10.1. The van der Waals surface area contributed by atoms with Crippen LogP contribution >= 0.6 is 11.8 Å². The Morgan fingerprint density at radius 2 is 1.93 bits per heavy atom. The number of carbonyl (C=O) groups is 1. The van der Waals surface area contributed by atoms with Crippen molar-refractivity contribution in [3.05, 3.63) is 59.6 Å². The molecule has 7 nitrogen and oxygen atoms in total. The number of nitrogens with zero attached hydrogens (tertiary/aromatic N) is 4. The maximum Gasteiger partial charge on any atom is 0.374 e. The summed E-state index contributed by atoms with van der Waals surface area (Å²) in [5.41, 5.74) is 1.52. The number of benzene rings is 1. The summed E-state index contributed by atoms with van der Waals surface area (Å²) in [6.07, 6.45) is 5.09. The number of hydrogen-bond donors (Lipinski definition) is 0. The van der Waals surface area contributed by atoms with Gasteiger partial charge in [0.05, 0.1) is 19.9 Å². The van der Waals surface area contributed by atoms with Crippen molar-refractivity contribution >= 4 is 17.7 Å². The molecule has 0 saturated carbocycles. The zero-order chi connectivity index (χ0) is 20.9. The molecule has 0 bridgehead atoms. The predicted molar refractivity (Wildman–Crippen MR) is 110 cm³/mol. The first-order valence-corrected chi connectivity index (χ1v) is 10.8. The van der Waals surface area contributed by atoms with Gasteiger partial charge in [0.2, 0.25) is 5.76 Å². The molecule has 1 aliphatic rings. The molecule has 0 N–H and O–H groups in total. The number of furan rings is 1. The third kappa shape index (κ3) is 4.57. The fourth-order valence-corrected chi connectivity index (χ4v) is 4.48. The van der Waals surface area contributed by atoms with E-state index in [1.54, 1.807) is 18.2 Å². The van der Waals surface area contributed by atoms with Crippen LogP contribution in [-0.4, -0.2) is 45.8 Å². The number of esters is 1. The van der Waals surface area contributed by atoms with Crippen LogP contribution in [0.25, 0.3) is 5.69 Å². The van der Waals surface area contributed by atoms with Gasteiger partial charge in [-0.3, -0.25) is 9.47 Å². The number of thioether (sulfide) groups is 1. The second-order valence-electron chi connectivity index (χ2n) is 7.10. The van der Waals surface area contributed by atoms with Gasteiger partial charge in [0, 0.05) is 17.0 Å². The number of piperidine rings is 1. The monoisotopic (exact) mass is 430 g/mol. The van der Waals surface area contributed by atoms with Crippen molar-refractivity contribution in [3.63, 3.8) is 0 Å². The second kappa shape index (κ2) is 9.44. The van der Waals surface area contributed by atoms with Gasteiger partial charge in [-0.25, -0.2) is 9.18 Å². The largest absolute Gasteiger partial charge is 0.463 e. The highest BCUT2D eigenvalue weighted by Gasteiger charge is 2.21. The summed E-state index contributed by atoms with van der Waals surface area (Å²) in [6.45, 7) is 2.76. The van der Waals surface area contributed by atoms with E-state index in [0.29, 0.717) is 17.5 Å². The third-order valence-electron chi connectivity index (χ3n) is 5.07. The van der Waals surface area contributed by atoms with Crippen molar-refractivity contribution < 1.29 is 18.3 Å². The maximum absolute atomic E-state index is 13.5. The van der Waals surface area contributed by atoms with Crippen molar-refractivity contribution in [2.24, 2.45) is 0 Å². The Labute approximate surface area is 178 Å². The molecule has 0 spiro atoms. The molecule has 2 aromatic heterocycles. The van der Waals surface area contributed by atoms with E-state index in [2.05, 4.69) is 15.1 Å². The van der Waals surface area contributed by atoms with E-state index in [1.165, 1.54) is 56.5 Å². The second-order valence-corrected chi connectivity index (χ2v) is 8.05. The van der Waals surface area contributed by atoms with Crippen molar-refractivity contribution in [1.82, 2.24) is 19.7 Å². The van der Waals surface area contributed by atoms with Crippen molar-refractivity contribution in [3.8, 4) is 5.69 Å². The maximum atomic E-state index is 13.5. The first kappa shape index (κ1) is 20.6. The molecule has 158 valence electrons. The Kier molecular flexibility index (Phi) is 6.49. The number of hydrogen-bond acceptors (Lipinski definition) is 7. The predicted octanol–water partition coefficient (Wildman–Crippen LogP) is 4.06. The molecule has 3 aromatic rings. The zero-order valence-electron chi connectivity index (χ0n) is 16.7. The Morgan fingerprint density at radius 1 is 1.17 bits per heavy atom. The van der Waals surface area contributed by atoms with E-state index < -0.39 is 5.97 Å². The van der Waals surface area contributed by atoms with Crippen LogP contribution in [0.5, 0.6) is 0 Å². The van der Waals surface area contributed by atoms with Gasteiger partial charge in [-0.2, -0.15) is 0 Å². The summed E-state index contributed by atoms with van der Waals surface area (Å²) in [7, 11) is 1.32. The normalized spacial score (nSPS) is 14.7. The number of aromatic nitrogens is 3. The van der Waals surface area contributed by atoms with Crippen LogP contribution in [0.15, 0.2) is 46.2 Å². The fourth-order valence-electron chi connectivity index (χ4n) is 3.53. The van der Waals surface area contributed by atoms with Gasteiger partial charge in [-0.05, 0) is 56.3 Å². The summed E-state index contributed by atoms with van der Waals surface area (Å²) in [4.78, 5) is 14.2. The van der Waals surface area contributed by atoms with Gasteiger partial charge >= 0.3 is 5.97 Å². The van der Waals surface area contributed by atoms with Gasteiger partial charge in [0.15, 0.2) is 11.0 Å². The van der Waals surface area contributed by atoms with E-state index in [0.717, 1.165) is 30.2 Å². The summed E-state index contributed by atoms with van der Waals surface area (Å²) in [6, 6.07) is 8.05. The highest BCUT2D eigenvalue weighted by molar-refractivity contribution is 7.98. The number of halogens is 1. The van der Waals surface area contributed by atoms with Crippen molar-refractivity contribution in [2.45, 2.75) is 36.7 Å². The Bertz CT molecular complexity index is 996. The first-order valence-electron chi connectivity index (χ1n) is 9.86. The van der Waals surface area contributed by atoms with Crippen LogP contribution in [0, 0.1) is 5.82 Å². The SMILES string of the molecule is COC(=O)c1occc1CSc1nnc(CN2CCCCC2)n1-c1ccc(F)cc1. The molecule has 0 atom stereocenters. The van der Waals surface area contributed by atoms with Crippen LogP contribution in [-0.2, 0) is 17.0 Å². The number of carbonyl (C=O) groups excluding carboxylic acids is 1. The minimum Gasteiger partial charge on any atom is -0.463 e. The highest BCUT2D eigenvalue weighted by Crippen LogP contribution is 2.28. The standard InChI is InChI=1S/C21H23FN4O3S/c1-28-20(27)19-15(9-12-29-19)14-30-21-24-23-18(13-25-10-3-2-4-11-25)26(21)17-7-5-16(22)6-8-17/h5-9,12H,2-4,10-11,13-14H2,1H3. The molecular formula is C21H23FN4O3S. The van der Waals surface area contributed by atoms with Crippen LogP contribution in [0.3, 0.4) is 0 Å². The molecule has 3 heterocycles. The summed E-state index contributed by atoms with van der Waals surface area (Å²) >= 11 is 1.44. The molecule has 0 aliphatic carbocycles. The summed E-state index contributed by atoms with van der Waals surface area (Å²) in [5, 5.41) is 9.48. The molecule has 0 radical (unpaired) electrons. The number of likely N-dealkylation sites (tertiary alicyclic amines) is 1. The van der Waals surface area contributed by atoms with Gasteiger partial charge in [0.25, 0.3) is 0 Å². The first-order chi connectivity index (χ1) is 14.7. The molecule has 1 aliphatic heterocycles. The van der Waals surface area contributed by atoms with Gasteiger partial charge in [-0.15, -0.1) is 10.2 Å².